The molecule has 0 spiro atoms. The predicted molar refractivity (Wildman–Crippen MR) is 168 cm³/mol. The fourth-order valence-corrected chi connectivity index (χ4v) is 6.65. The smallest absolute Gasteiger partial charge is 0.434 e. The lowest BCUT2D eigenvalue weighted by Gasteiger charge is -2.31. The van der Waals surface area contributed by atoms with Crippen molar-refractivity contribution in [2.75, 3.05) is 18.5 Å². The third-order valence-corrected chi connectivity index (χ3v) is 8.80. The molecule has 2 aromatic heterocycles. The normalized spacial score (nSPS) is 18.4. The van der Waals surface area contributed by atoms with Crippen molar-refractivity contribution >= 4 is 40.5 Å². The number of rotatable bonds is 7. The molecule has 0 aliphatic heterocycles. The highest BCUT2D eigenvalue weighted by atomic mass is 32.1. The first kappa shape index (κ1) is 33.0. The zero-order valence-electron chi connectivity index (χ0n) is 25.2. The van der Waals surface area contributed by atoms with E-state index in [1.54, 1.807) is 32.0 Å². The van der Waals surface area contributed by atoms with Gasteiger partial charge < -0.3 is 15.2 Å². The van der Waals surface area contributed by atoms with Gasteiger partial charge in [-0.15, -0.1) is 11.3 Å². The average molecular weight is 655 g/mol. The van der Waals surface area contributed by atoms with Crippen molar-refractivity contribution in [3.63, 3.8) is 0 Å². The van der Waals surface area contributed by atoms with Crippen LogP contribution in [-0.4, -0.2) is 52.1 Å². The molecule has 13 heteroatoms. The number of esters is 1. The number of aliphatic hydroxyl groups is 1. The molecule has 1 saturated carbocycles. The third kappa shape index (κ3) is 7.05. The van der Waals surface area contributed by atoms with E-state index in [0.717, 1.165) is 41.6 Å². The largest absolute Gasteiger partial charge is 0.462 e. The molecule has 5 rings (SSSR count). The number of nitrogens with one attached hydrogen (secondary N) is 2. The lowest BCUT2D eigenvalue weighted by Crippen LogP contribution is -2.28. The number of urea groups is 1. The summed E-state index contributed by atoms with van der Waals surface area (Å²) in [4.78, 5) is 47.2. The van der Waals surface area contributed by atoms with Crippen LogP contribution in [0.4, 0.5) is 23.8 Å². The summed E-state index contributed by atoms with van der Waals surface area (Å²) in [6.45, 7) is 3.79. The second kappa shape index (κ2) is 14.0. The number of ether oxygens (including phenoxy) is 1. The molecule has 0 saturated heterocycles. The molecule has 3 aromatic rings. The molecular formula is C33H33F3N4O5S. The Bertz CT molecular complexity index is 1720. The van der Waals surface area contributed by atoms with Crippen LogP contribution in [0.2, 0.25) is 0 Å². The monoisotopic (exact) mass is 654 g/mol. The zero-order chi connectivity index (χ0) is 33.0. The summed E-state index contributed by atoms with van der Waals surface area (Å²) in [5.74, 6) is -1.45. The molecule has 9 nitrogen and oxygen atoms in total. The fraction of sp³-hybridized carbons (Fsp3) is 0.364. The Balaban J connectivity index is 1.67. The number of nitrogens with zero attached hydrogens (tertiary/aromatic N) is 2. The van der Waals surface area contributed by atoms with Gasteiger partial charge in [-0.3, -0.25) is 10.1 Å². The maximum absolute atomic E-state index is 14.0. The number of hydrogen-bond donors (Lipinski definition) is 3. The molecule has 1 aromatic carbocycles. The highest BCUT2D eigenvalue weighted by molar-refractivity contribution is 7.13. The highest BCUT2D eigenvalue weighted by Crippen LogP contribution is 2.42. The molecule has 3 N–H and O–H groups in total. The van der Waals surface area contributed by atoms with Crippen molar-refractivity contribution < 1.29 is 37.4 Å². The van der Waals surface area contributed by atoms with Crippen LogP contribution in [0.25, 0.3) is 27.3 Å². The van der Waals surface area contributed by atoms with E-state index in [9.17, 15) is 32.7 Å². The standard InChI is InChI=1S/C33H33F3N4O5S/c1-3-37-32(44)40-28-15-24(30-39-27(17-46-30)33(34,35)36)25(16-38-28)18-12-13-20-19(21-8-5-6-11-26(21)41)9-7-10-22(31(43)45-4-2)29(42)23(20)14-18/h9-10,12-17,21,26,41H,3-8,11H2,1-2H3,(H2,37,38,40,44)/t21-,26-/m0/s1. The minimum absolute atomic E-state index is 0.0276. The molecule has 1 fully saturated rings. The van der Waals surface area contributed by atoms with Crippen LogP contribution in [0.15, 0.2) is 53.6 Å². The van der Waals surface area contributed by atoms with Crippen molar-refractivity contribution in [2.24, 2.45) is 5.92 Å². The maximum atomic E-state index is 14.0. The lowest BCUT2D eigenvalue weighted by atomic mass is 9.76. The van der Waals surface area contributed by atoms with Crippen LogP contribution in [0.3, 0.4) is 0 Å². The van der Waals surface area contributed by atoms with Gasteiger partial charge in [-0.2, -0.15) is 13.2 Å². The molecule has 0 unspecified atom stereocenters. The quantitative estimate of drug-likeness (QED) is 0.184. The average Bonchev–Trinajstić information content (AvgIpc) is 3.52. The number of aromatic nitrogens is 2. The molecule has 46 heavy (non-hydrogen) atoms. The van der Waals surface area contributed by atoms with Crippen molar-refractivity contribution in [1.82, 2.24) is 15.3 Å². The predicted octanol–water partition coefficient (Wildman–Crippen LogP) is 7.04. The van der Waals surface area contributed by atoms with Crippen LogP contribution in [0, 0.1) is 5.92 Å². The number of carbonyl (C=O) groups excluding carboxylic acids is 3. The highest BCUT2D eigenvalue weighted by Gasteiger charge is 2.35. The van der Waals surface area contributed by atoms with Gasteiger partial charge in [-0.1, -0.05) is 37.1 Å². The van der Waals surface area contributed by atoms with Crippen molar-refractivity contribution in [3.05, 3.63) is 70.4 Å². The van der Waals surface area contributed by atoms with E-state index < -0.39 is 35.8 Å². The molecule has 2 aliphatic carbocycles. The van der Waals surface area contributed by atoms with Gasteiger partial charge in [-0.05, 0) is 61.9 Å². The Hall–Kier alpha value is -4.36. The van der Waals surface area contributed by atoms with Crippen LogP contribution >= 0.6 is 11.3 Å². The summed E-state index contributed by atoms with van der Waals surface area (Å²) in [7, 11) is 0. The summed E-state index contributed by atoms with van der Waals surface area (Å²) in [5, 5.41) is 17.0. The van der Waals surface area contributed by atoms with E-state index in [0.29, 0.717) is 36.1 Å². The molecule has 2 heterocycles. The van der Waals surface area contributed by atoms with Gasteiger partial charge in [-0.25, -0.2) is 19.6 Å². The summed E-state index contributed by atoms with van der Waals surface area (Å²) in [6, 6.07) is 5.92. The number of hydrogen-bond acceptors (Lipinski definition) is 8. The number of allylic oxidation sites excluding steroid dienone is 2. The summed E-state index contributed by atoms with van der Waals surface area (Å²) < 4.78 is 45.7. The fourth-order valence-electron chi connectivity index (χ4n) is 5.79. The summed E-state index contributed by atoms with van der Waals surface area (Å²) >= 11 is 0.779. The Kier molecular flexibility index (Phi) is 10.0. The first-order valence-electron chi connectivity index (χ1n) is 15.0. The van der Waals surface area contributed by atoms with Crippen molar-refractivity contribution in [1.29, 1.82) is 0 Å². The maximum Gasteiger partial charge on any atom is 0.434 e. The Morgan fingerprint density at radius 2 is 1.85 bits per heavy atom. The molecule has 0 radical (unpaired) electrons. The van der Waals surface area contributed by atoms with Crippen LogP contribution in [0.5, 0.6) is 0 Å². The third-order valence-electron chi connectivity index (χ3n) is 7.92. The van der Waals surface area contributed by atoms with Crippen LogP contribution in [-0.2, 0) is 15.7 Å². The minimum Gasteiger partial charge on any atom is -0.462 e. The van der Waals surface area contributed by atoms with E-state index in [4.69, 9.17) is 4.74 Å². The topological polar surface area (TPSA) is 131 Å². The number of anilines is 1. The molecular weight excluding hydrogens is 621 g/mol. The lowest BCUT2D eigenvalue weighted by molar-refractivity contribution is -0.140. The number of carbonyl (C=O) groups is 3. The Labute approximate surface area is 267 Å². The number of aliphatic hydroxyl groups excluding tert-OH is 1. The van der Waals surface area contributed by atoms with E-state index >= 15 is 0 Å². The first-order valence-corrected chi connectivity index (χ1v) is 15.9. The number of ketones is 1. The van der Waals surface area contributed by atoms with Gasteiger partial charge in [0.05, 0.1) is 12.7 Å². The number of thiazole rings is 1. The SMILES string of the molecule is CCNC(=O)Nc1cc(-c2nc(C(F)(F)F)cs2)c(-c2ccc3c(c2)C(=O)C(C(=O)OCC)=CCC=C3[C@@H]2CCCC[C@@H]2O)cn1. The van der Waals surface area contributed by atoms with Gasteiger partial charge in [0.25, 0.3) is 0 Å². The van der Waals surface area contributed by atoms with Crippen LogP contribution < -0.4 is 10.6 Å². The molecule has 2 atom stereocenters. The zero-order valence-corrected chi connectivity index (χ0v) is 26.1. The van der Waals surface area contributed by atoms with Gasteiger partial charge in [0.15, 0.2) is 5.69 Å². The molecule has 2 aliphatic rings. The Morgan fingerprint density at radius 3 is 2.54 bits per heavy atom. The van der Waals surface area contributed by atoms with Crippen LogP contribution in [0.1, 0.15) is 67.6 Å². The second-order valence-electron chi connectivity index (χ2n) is 10.9. The number of fused-ring (bicyclic) bond motifs is 1. The van der Waals surface area contributed by atoms with E-state index in [1.807, 2.05) is 6.08 Å². The van der Waals surface area contributed by atoms with Crippen molar-refractivity contribution in [2.45, 2.75) is 58.2 Å². The van der Waals surface area contributed by atoms with Crippen molar-refractivity contribution in [3.8, 4) is 21.7 Å². The number of benzene rings is 1. The summed E-state index contributed by atoms with van der Waals surface area (Å²) in [6.07, 6.45) is 3.05. The summed E-state index contributed by atoms with van der Waals surface area (Å²) in [5.41, 5.74) is 1.39. The number of halogens is 3. The van der Waals surface area contributed by atoms with Gasteiger partial charge in [0.2, 0.25) is 5.78 Å². The Morgan fingerprint density at radius 1 is 1.07 bits per heavy atom. The van der Waals surface area contributed by atoms with Gasteiger partial charge in [0.1, 0.15) is 16.4 Å². The number of alkyl halides is 3. The van der Waals surface area contributed by atoms with E-state index in [-0.39, 0.29) is 40.1 Å². The van der Waals surface area contributed by atoms with Gasteiger partial charge >= 0.3 is 18.2 Å². The number of pyridine rings is 1. The minimum atomic E-state index is -4.67. The van der Waals surface area contributed by atoms with E-state index in [1.165, 1.54) is 18.3 Å². The van der Waals surface area contributed by atoms with E-state index in [2.05, 4.69) is 20.6 Å². The van der Waals surface area contributed by atoms with Gasteiger partial charge in [0, 0.05) is 40.7 Å². The molecule has 2 amide bonds. The first-order chi connectivity index (χ1) is 22.0. The number of Topliss-reactive ketones (excluding diaryl/α,β-unsaturated/α-hetero) is 1. The second-order valence-corrected chi connectivity index (χ2v) is 11.8. The number of amides is 2. The molecule has 242 valence electrons. The molecule has 0 bridgehead atoms.